The normalized spacial score (nSPS) is 17.3. The number of benzene rings is 2. The number of esters is 1. The van der Waals surface area contributed by atoms with Gasteiger partial charge < -0.3 is 14.4 Å². The molecule has 1 amide bonds. The van der Waals surface area contributed by atoms with E-state index in [0.29, 0.717) is 44.0 Å². The van der Waals surface area contributed by atoms with E-state index in [2.05, 4.69) is 6.92 Å². The van der Waals surface area contributed by atoms with Crippen LogP contribution < -0.4 is 24.5 Å². The van der Waals surface area contributed by atoms with Gasteiger partial charge in [-0.1, -0.05) is 74.3 Å². The maximum Gasteiger partial charge on any atom is 0.338 e. The fraction of sp³-hybridized carbons (Fsp3) is 0.394. The first-order chi connectivity index (χ1) is 20.3. The number of amides is 1. The highest BCUT2D eigenvalue weighted by Gasteiger charge is 2.37. The van der Waals surface area contributed by atoms with Crippen molar-refractivity contribution in [2.24, 2.45) is 4.99 Å². The van der Waals surface area contributed by atoms with Gasteiger partial charge in [-0.15, -0.1) is 0 Å². The molecule has 0 fully saturated rings. The van der Waals surface area contributed by atoms with Gasteiger partial charge in [0.15, 0.2) is 4.80 Å². The number of carbonyl (C=O) groups excluding carboxylic acids is 2. The molecule has 42 heavy (non-hydrogen) atoms. The van der Waals surface area contributed by atoms with Gasteiger partial charge in [-0.05, 0) is 51.0 Å². The van der Waals surface area contributed by atoms with E-state index >= 15 is 0 Å². The monoisotopic (exact) mass is 587 g/mol. The average molecular weight is 588 g/mol. The first-order valence-corrected chi connectivity index (χ1v) is 15.4. The SMILES string of the molecule is CCCCCCCN1C(=O)/C(=c2\sc3n(c2=O)[C@H](c2ccc(OC)cc2)C(C(=O)OC(C)C)=C(C)N=3)c2ccccc21. The Morgan fingerprint density at radius 3 is 2.43 bits per heavy atom. The van der Waals surface area contributed by atoms with Gasteiger partial charge >= 0.3 is 5.97 Å². The number of methoxy groups -OCH3 is 1. The molecule has 1 atom stereocenters. The molecule has 1 aromatic heterocycles. The van der Waals surface area contributed by atoms with E-state index in [1.54, 1.807) is 44.9 Å². The van der Waals surface area contributed by atoms with Gasteiger partial charge in [-0.2, -0.15) is 0 Å². The molecule has 3 heterocycles. The van der Waals surface area contributed by atoms with Crippen LogP contribution in [0.4, 0.5) is 5.69 Å². The highest BCUT2D eigenvalue weighted by molar-refractivity contribution is 7.07. The third kappa shape index (κ3) is 5.45. The van der Waals surface area contributed by atoms with E-state index in [0.717, 1.165) is 36.9 Å². The van der Waals surface area contributed by atoms with Crippen molar-refractivity contribution in [1.82, 2.24) is 4.57 Å². The second-order valence-electron chi connectivity index (χ2n) is 10.9. The second-order valence-corrected chi connectivity index (χ2v) is 11.9. The minimum atomic E-state index is -0.769. The summed E-state index contributed by atoms with van der Waals surface area (Å²) in [5, 5.41) is 0. The third-order valence-corrected chi connectivity index (χ3v) is 8.68. The lowest BCUT2D eigenvalue weighted by Crippen LogP contribution is -2.41. The molecular formula is C33H37N3O5S. The number of aromatic nitrogens is 1. The summed E-state index contributed by atoms with van der Waals surface area (Å²) in [6, 6.07) is 14.1. The number of hydrogen-bond donors (Lipinski definition) is 0. The van der Waals surface area contributed by atoms with E-state index in [9.17, 15) is 14.4 Å². The van der Waals surface area contributed by atoms with Crippen molar-refractivity contribution >= 4 is 34.5 Å². The zero-order chi connectivity index (χ0) is 30.0. The molecule has 2 aliphatic heterocycles. The lowest BCUT2D eigenvalue weighted by molar-refractivity contribution is -0.143. The fourth-order valence-electron chi connectivity index (χ4n) is 5.61. The van der Waals surface area contributed by atoms with Gasteiger partial charge in [-0.3, -0.25) is 14.2 Å². The summed E-state index contributed by atoms with van der Waals surface area (Å²) in [4.78, 5) is 48.6. The van der Waals surface area contributed by atoms with Crippen LogP contribution in [0.1, 0.15) is 77.0 Å². The number of rotatable bonds is 10. The molecule has 0 bridgehead atoms. The van der Waals surface area contributed by atoms with Crippen LogP contribution in [0.2, 0.25) is 0 Å². The van der Waals surface area contributed by atoms with Crippen LogP contribution in [0.15, 0.2) is 69.6 Å². The van der Waals surface area contributed by atoms with Gasteiger partial charge in [0.1, 0.15) is 10.3 Å². The molecule has 0 aliphatic carbocycles. The van der Waals surface area contributed by atoms with Gasteiger partial charge in [0, 0.05) is 12.1 Å². The zero-order valence-corrected chi connectivity index (χ0v) is 25.6. The molecule has 220 valence electrons. The summed E-state index contributed by atoms with van der Waals surface area (Å²) in [6.07, 6.45) is 5.07. The maximum atomic E-state index is 14.3. The number of unbranched alkanes of at least 4 members (excludes halogenated alkanes) is 4. The molecule has 5 rings (SSSR count). The molecule has 0 spiro atoms. The van der Waals surface area contributed by atoms with Crippen LogP contribution in [0, 0.1) is 0 Å². The number of anilines is 1. The smallest absolute Gasteiger partial charge is 0.338 e. The Balaban J connectivity index is 1.67. The molecular weight excluding hydrogens is 550 g/mol. The number of thiazole rings is 1. The molecule has 0 saturated carbocycles. The molecule has 2 aromatic carbocycles. The molecule has 3 aromatic rings. The van der Waals surface area contributed by atoms with Gasteiger partial charge in [0.05, 0.1) is 41.8 Å². The van der Waals surface area contributed by atoms with Crippen molar-refractivity contribution in [3.8, 4) is 5.75 Å². The second kappa shape index (κ2) is 12.5. The number of ether oxygens (including phenoxy) is 2. The van der Waals surface area contributed by atoms with Crippen LogP contribution in [0.25, 0.3) is 5.57 Å². The molecule has 0 unspecified atom stereocenters. The Morgan fingerprint density at radius 1 is 1.02 bits per heavy atom. The summed E-state index contributed by atoms with van der Waals surface area (Å²) in [5.74, 6) is -0.0435. The lowest BCUT2D eigenvalue weighted by atomic mass is 9.95. The predicted molar refractivity (Wildman–Crippen MR) is 164 cm³/mol. The molecule has 0 saturated heterocycles. The molecule has 8 nitrogen and oxygen atoms in total. The highest BCUT2D eigenvalue weighted by Crippen LogP contribution is 2.36. The van der Waals surface area contributed by atoms with Crippen LogP contribution in [-0.2, 0) is 14.3 Å². The molecule has 0 N–H and O–H groups in total. The number of allylic oxidation sites excluding steroid dienone is 1. The minimum Gasteiger partial charge on any atom is -0.497 e. The number of carbonyl (C=O) groups is 2. The van der Waals surface area contributed by atoms with Gasteiger partial charge in [0.2, 0.25) is 0 Å². The quantitative estimate of drug-likeness (QED) is 0.249. The molecule has 0 radical (unpaired) electrons. The first kappa shape index (κ1) is 29.5. The van der Waals surface area contributed by atoms with E-state index in [1.165, 1.54) is 22.3 Å². The highest BCUT2D eigenvalue weighted by atomic mass is 32.1. The van der Waals surface area contributed by atoms with Crippen molar-refractivity contribution in [3.63, 3.8) is 0 Å². The summed E-state index contributed by atoms with van der Waals surface area (Å²) < 4.78 is 12.8. The Bertz CT molecular complexity index is 1720. The van der Waals surface area contributed by atoms with Crippen LogP contribution in [-0.4, -0.2) is 36.2 Å². The zero-order valence-electron chi connectivity index (χ0n) is 24.8. The van der Waals surface area contributed by atoms with E-state index < -0.39 is 12.0 Å². The predicted octanol–water partition coefficient (Wildman–Crippen LogP) is 4.88. The summed E-state index contributed by atoms with van der Waals surface area (Å²) in [6.45, 7) is 8.10. The van der Waals surface area contributed by atoms with Crippen molar-refractivity contribution in [2.75, 3.05) is 18.6 Å². The Morgan fingerprint density at radius 2 is 1.74 bits per heavy atom. The standard InChI is InChI=1S/C33H37N3O5S/c1-6-7-8-9-12-19-35-25-14-11-10-13-24(25)27(30(35)37)29-31(38)36-28(22-15-17-23(40-5)18-16-22)26(32(39)41-20(2)3)21(4)34-33(36)42-29/h10-11,13-18,20,28H,6-9,12,19H2,1-5H3/b29-27-/t28-/m1/s1. The van der Waals surface area contributed by atoms with Crippen molar-refractivity contribution in [3.05, 3.63) is 90.6 Å². The number of hydrogen-bond acceptors (Lipinski definition) is 7. The van der Waals surface area contributed by atoms with E-state index in [-0.39, 0.29) is 17.6 Å². The van der Waals surface area contributed by atoms with Crippen LogP contribution in [0.5, 0.6) is 5.75 Å². The van der Waals surface area contributed by atoms with Gasteiger partial charge in [0.25, 0.3) is 11.5 Å². The third-order valence-electron chi connectivity index (χ3n) is 7.63. The van der Waals surface area contributed by atoms with Crippen molar-refractivity contribution in [2.45, 2.75) is 71.9 Å². The molecule has 2 aliphatic rings. The Kier molecular flexibility index (Phi) is 8.77. The van der Waals surface area contributed by atoms with Gasteiger partial charge in [-0.25, -0.2) is 9.79 Å². The molecule has 9 heteroatoms. The maximum absolute atomic E-state index is 14.3. The Hall–Kier alpha value is -3.98. The van der Waals surface area contributed by atoms with Crippen molar-refractivity contribution in [1.29, 1.82) is 0 Å². The number of fused-ring (bicyclic) bond motifs is 2. The van der Waals surface area contributed by atoms with Crippen LogP contribution >= 0.6 is 11.3 Å². The number of nitrogens with zero attached hydrogens (tertiary/aromatic N) is 3. The average Bonchev–Trinajstić information content (AvgIpc) is 3.43. The van der Waals surface area contributed by atoms with Crippen LogP contribution in [0.3, 0.4) is 0 Å². The summed E-state index contributed by atoms with van der Waals surface area (Å²) in [7, 11) is 1.58. The minimum absolute atomic E-state index is 0.173. The summed E-state index contributed by atoms with van der Waals surface area (Å²) >= 11 is 1.19. The summed E-state index contributed by atoms with van der Waals surface area (Å²) in [5.41, 5.74) is 3.09. The largest absolute Gasteiger partial charge is 0.497 e. The van der Waals surface area contributed by atoms with E-state index in [1.807, 2.05) is 36.4 Å². The van der Waals surface area contributed by atoms with E-state index in [4.69, 9.17) is 14.5 Å². The fourth-order valence-corrected chi connectivity index (χ4v) is 6.74. The van der Waals surface area contributed by atoms with Crippen molar-refractivity contribution < 1.29 is 19.1 Å². The number of para-hydroxylation sites is 1. The Labute approximate surface area is 249 Å². The first-order valence-electron chi connectivity index (χ1n) is 14.6. The lowest BCUT2D eigenvalue weighted by Gasteiger charge is -2.25. The topological polar surface area (TPSA) is 90.2 Å².